The van der Waals surface area contributed by atoms with Gasteiger partial charge in [-0.25, -0.2) is 4.90 Å². The lowest BCUT2D eigenvalue weighted by molar-refractivity contribution is -0.143. The van der Waals surface area contributed by atoms with Gasteiger partial charge in [-0.1, -0.05) is 0 Å². The van der Waals surface area contributed by atoms with Crippen molar-refractivity contribution in [2.75, 3.05) is 18.6 Å². The molecule has 224 valence electrons. The number of allylic oxidation sites excluding steroid dienone is 1. The summed E-state index contributed by atoms with van der Waals surface area (Å²) in [6.45, 7) is 3.30. The number of carbonyl (C=O) groups excluding carboxylic acids is 2. The number of methoxy groups -OCH3 is 1. The second-order valence-electron chi connectivity index (χ2n) is 10.9. The van der Waals surface area contributed by atoms with Crippen LogP contribution in [-0.4, -0.2) is 42.8 Å². The molecule has 4 atom stereocenters. The summed E-state index contributed by atoms with van der Waals surface area (Å²) in [6.07, 6.45) is -11.2. The maximum absolute atomic E-state index is 13.8. The number of hydrogen-bond acceptors (Lipinski definition) is 6. The molecule has 2 heterocycles. The van der Waals surface area contributed by atoms with Crippen LogP contribution in [0.1, 0.15) is 46.8 Å². The van der Waals surface area contributed by atoms with Crippen LogP contribution in [0, 0.1) is 31.6 Å². The molecule has 0 bridgehead atoms. The number of aromatic hydroxyl groups is 1. The van der Waals surface area contributed by atoms with Crippen LogP contribution in [0.25, 0.3) is 0 Å². The summed E-state index contributed by atoms with van der Waals surface area (Å²) in [5.74, 6) is -4.91. The maximum atomic E-state index is 13.8. The second kappa shape index (κ2) is 10.4. The molecule has 3 aliphatic rings. The van der Waals surface area contributed by atoms with Crippen LogP contribution in [0.4, 0.5) is 32.0 Å². The first kappa shape index (κ1) is 30.1. The van der Waals surface area contributed by atoms with Gasteiger partial charge in [-0.2, -0.15) is 26.3 Å². The molecule has 2 amide bonds. The lowest BCUT2D eigenvalue weighted by Gasteiger charge is -2.42. The first-order valence-electron chi connectivity index (χ1n) is 13.0. The monoisotopic (exact) mass is 597 g/mol. The van der Waals surface area contributed by atoms with Crippen molar-refractivity contribution < 1.29 is 55.5 Å². The van der Waals surface area contributed by atoms with Gasteiger partial charge in [-0.15, -0.1) is 0 Å². The highest BCUT2D eigenvalue weighted by molar-refractivity contribution is 6.53. The minimum Gasteiger partial charge on any atom is -0.507 e. The Bertz CT molecular complexity index is 1430. The average Bonchev–Trinajstić information content (AvgIpc) is 3.15. The van der Waals surface area contributed by atoms with Crippen LogP contribution in [-0.2, 0) is 31.3 Å². The lowest BCUT2D eigenvalue weighted by atomic mass is 9.55. The minimum absolute atomic E-state index is 0.0409. The molecular formula is C28H26BF6NO6. The van der Waals surface area contributed by atoms with Gasteiger partial charge in [0.25, 0.3) is 0 Å². The van der Waals surface area contributed by atoms with E-state index in [9.17, 15) is 46.1 Å². The molecule has 7 nitrogen and oxygen atoms in total. The molecule has 2 aliphatic heterocycles. The van der Waals surface area contributed by atoms with E-state index in [1.807, 2.05) is 0 Å². The molecule has 14 heteroatoms. The number of anilines is 1. The zero-order valence-corrected chi connectivity index (χ0v) is 22.6. The summed E-state index contributed by atoms with van der Waals surface area (Å²) in [7, 11) is -0.137. The minimum atomic E-state index is -5.17. The van der Waals surface area contributed by atoms with E-state index in [1.54, 1.807) is 26.0 Å². The van der Waals surface area contributed by atoms with Crippen LogP contribution in [0.2, 0.25) is 0 Å². The van der Waals surface area contributed by atoms with Crippen LogP contribution < -0.4 is 4.90 Å². The zero-order chi connectivity index (χ0) is 30.9. The van der Waals surface area contributed by atoms with E-state index in [4.69, 9.17) is 9.39 Å². The Morgan fingerprint density at radius 2 is 1.52 bits per heavy atom. The highest BCUT2D eigenvalue weighted by Gasteiger charge is 2.58. The molecule has 42 heavy (non-hydrogen) atoms. The Kier molecular flexibility index (Phi) is 7.47. The number of hydrogen-bond donors (Lipinski definition) is 2. The summed E-state index contributed by atoms with van der Waals surface area (Å²) in [6, 6.07) is 3.95. The fourth-order valence-electron chi connectivity index (χ4n) is 6.43. The van der Waals surface area contributed by atoms with Gasteiger partial charge in [0, 0.05) is 7.11 Å². The molecular weight excluding hydrogens is 571 g/mol. The Balaban J connectivity index is 1.59. The predicted molar refractivity (Wildman–Crippen MR) is 137 cm³/mol. The number of amides is 2. The van der Waals surface area contributed by atoms with Gasteiger partial charge in [0.05, 0.1) is 41.4 Å². The Hall–Kier alpha value is -3.36. The first-order valence-corrected chi connectivity index (χ1v) is 13.0. The van der Waals surface area contributed by atoms with Gasteiger partial charge in [0.15, 0.2) is 0 Å². The summed E-state index contributed by atoms with van der Waals surface area (Å²) < 4.78 is 92.5. The average molecular weight is 597 g/mol. The van der Waals surface area contributed by atoms with Crippen molar-refractivity contribution in [1.82, 2.24) is 0 Å². The molecule has 0 aromatic heterocycles. The Labute approximate surface area is 236 Å². The summed E-state index contributed by atoms with van der Waals surface area (Å²) in [4.78, 5) is 27.8. The molecule has 0 unspecified atom stereocenters. The van der Waals surface area contributed by atoms with Gasteiger partial charge in [0.2, 0.25) is 11.8 Å². The van der Waals surface area contributed by atoms with E-state index in [1.165, 1.54) is 7.11 Å². The summed E-state index contributed by atoms with van der Waals surface area (Å²) in [5.41, 5.74) is -1.70. The zero-order valence-electron chi connectivity index (χ0n) is 22.6. The third-order valence-corrected chi connectivity index (χ3v) is 8.25. The van der Waals surface area contributed by atoms with Crippen LogP contribution in [0.3, 0.4) is 0 Å². The van der Waals surface area contributed by atoms with Gasteiger partial charge >= 0.3 is 19.5 Å². The van der Waals surface area contributed by atoms with E-state index in [-0.39, 0.29) is 31.3 Å². The molecule has 0 spiro atoms. The Morgan fingerprint density at radius 3 is 2.05 bits per heavy atom. The highest BCUT2D eigenvalue weighted by atomic mass is 19.4. The third-order valence-electron chi connectivity index (χ3n) is 8.25. The molecule has 2 aromatic carbocycles. The smallest absolute Gasteiger partial charge is 0.487 e. The van der Waals surface area contributed by atoms with Crippen LogP contribution in [0.15, 0.2) is 41.4 Å². The normalized spacial score (nSPS) is 24.8. The summed E-state index contributed by atoms with van der Waals surface area (Å²) >= 11 is 0. The van der Waals surface area contributed by atoms with E-state index in [0.717, 1.165) is 0 Å². The molecule has 2 N–H and O–H groups in total. The van der Waals surface area contributed by atoms with E-state index in [2.05, 4.69) is 0 Å². The maximum Gasteiger partial charge on any atom is 0.487 e. The molecule has 2 aromatic rings. The number of imide groups is 1. The standard InChI is InChI=1S/C28H26BF6NO6/c1-12-4-14(5-13(2)24(12)37)21-10-19-22-20(6-15(11-41-3)23(19)29(40)42-21)25(38)36(26(22)39)18-8-16(27(30,31)32)7-17(9-18)28(33,34)35/h4-5,7-9,19-22,37,40H,6,10-11H2,1-3H3/t19-,20-,21-,22+/m0/s1. The van der Waals surface area contributed by atoms with Crippen molar-refractivity contribution in [3.8, 4) is 5.75 Å². The van der Waals surface area contributed by atoms with Gasteiger partial charge in [-0.05, 0) is 90.7 Å². The quantitative estimate of drug-likeness (QED) is 0.283. The first-order chi connectivity index (χ1) is 19.5. The van der Waals surface area contributed by atoms with Crippen molar-refractivity contribution in [3.63, 3.8) is 0 Å². The largest absolute Gasteiger partial charge is 0.507 e. The number of aryl methyl sites for hydroxylation is 2. The number of phenolic OH excluding ortho intramolecular Hbond substituents is 1. The van der Waals surface area contributed by atoms with Crippen molar-refractivity contribution in [2.45, 2.75) is 45.1 Å². The molecule has 2 saturated heterocycles. The topological polar surface area (TPSA) is 96.3 Å². The van der Waals surface area contributed by atoms with Crippen molar-refractivity contribution in [3.05, 3.63) is 69.2 Å². The van der Waals surface area contributed by atoms with E-state index < -0.39 is 72.0 Å². The van der Waals surface area contributed by atoms with Gasteiger partial charge in [-0.3, -0.25) is 9.59 Å². The molecule has 0 saturated carbocycles. The number of alkyl halides is 6. The fourth-order valence-corrected chi connectivity index (χ4v) is 6.43. The highest BCUT2D eigenvalue weighted by Crippen LogP contribution is 2.53. The number of phenols is 1. The fraction of sp³-hybridized carbons (Fsp3) is 0.429. The second-order valence-corrected chi connectivity index (χ2v) is 10.9. The van der Waals surface area contributed by atoms with Crippen molar-refractivity contribution >= 4 is 24.6 Å². The SMILES string of the molecule is COCC1=C2B(O)O[C@H](c3cc(C)c(O)c(C)c3)C[C@H]2[C@H]2C(=O)N(c3cc(C(F)(F)F)cc(C(F)(F)F)c3)C(=O)[C@H]2C1. The number of benzene rings is 2. The number of carbonyl (C=O) groups is 2. The Morgan fingerprint density at radius 1 is 0.952 bits per heavy atom. The van der Waals surface area contributed by atoms with Gasteiger partial charge < -0.3 is 19.5 Å². The van der Waals surface area contributed by atoms with Gasteiger partial charge in [0.1, 0.15) is 5.75 Å². The van der Waals surface area contributed by atoms with Crippen LogP contribution >= 0.6 is 0 Å². The van der Waals surface area contributed by atoms with Crippen LogP contribution in [0.5, 0.6) is 5.75 Å². The molecule has 1 aliphatic carbocycles. The van der Waals surface area contributed by atoms with Crippen molar-refractivity contribution in [1.29, 1.82) is 0 Å². The summed E-state index contributed by atoms with van der Waals surface area (Å²) in [5, 5.41) is 21.3. The molecule has 2 fully saturated rings. The number of nitrogens with zero attached hydrogens (tertiary/aromatic N) is 1. The van der Waals surface area contributed by atoms with Crippen molar-refractivity contribution in [2.24, 2.45) is 17.8 Å². The number of rotatable bonds is 4. The van der Waals surface area contributed by atoms with E-state index in [0.29, 0.717) is 44.8 Å². The van der Waals surface area contributed by atoms with E-state index >= 15 is 0 Å². The molecule has 5 rings (SSSR count). The third kappa shape index (κ3) is 5.09. The predicted octanol–water partition coefficient (Wildman–Crippen LogP) is 5.30. The molecule has 0 radical (unpaired) electrons. The number of ether oxygens (including phenoxy) is 1. The number of halogens is 6. The number of fused-ring (bicyclic) bond motifs is 3. The lowest BCUT2D eigenvalue weighted by Crippen LogP contribution is -2.45.